The second-order valence-electron chi connectivity index (χ2n) is 3.72. The molecule has 0 fully saturated rings. The molecule has 2 rings (SSSR count). The molecule has 0 aliphatic rings. The van der Waals surface area contributed by atoms with Crippen LogP contribution < -0.4 is 0 Å². The summed E-state index contributed by atoms with van der Waals surface area (Å²) in [5.74, 6) is -1.10. The Kier molecular flexibility index (Phi) is 4.65. The fraction of sp³-hybridized carbons (Fsp3) is 0.0769. The molecule has 7 heteroatoms. The minimum atomic E-state index is -0.716. The zero-order valence-electron chi connectivity index (χ0n) is 10.0. The maximum atomic E-state index is 11.8. The quantitative estimate of drug-likeness (QED) is 0.641. The molecule has 1 aromatic carbocycles. The van der Waals surface area contributed by atoms with Gasteiger partial charge in [0.2, 0.25) is 0 Å². The zero-order chi connectivity index (χ0) is 14.5. The lowest BCUT2D eigenvalue weighted by Crippen LogP contribution is -2.15. The van der Waals surface area contributed by atoms with Gasteiger partial charge in [0.15, 0.2) is 18.1 Å². The number of ether oxygens (including phenoxy) is 1. The van der Waals surface area contributed by atoms with Crippen molar-refractivity contribution in [3.63, 3.8) is 0 Å². The number of benzene rings is 1. The van der Waals surface area contributed by atoms with Gasteiger partial charge in [-0.2, -0.15) is 0 Å². The van der Waals surface area contributed by atoms with Gasteiger partial charge < -0.3 is 4.74 Å². The van der Waals surface area contributed by atoms with E-state index in [1.54, 1.807) is 0 Å². The minimum absolute atomic E-state index is 0.0365. The van der Waals surface area contributed by atoms with Crippen molar-refractivity contribution in [2.24, 2.45) is 0 Å². The van der Waals surface area contributed by atoms with Crippen LogP contribution in [0.25, 0.3) is 0 Å². The van der Waals surface area contributed by atoms with E-state index in [-0.39, 0.29) is 16.5 Å². The van der Waals surface area contributed by atoms with Crippen molar-refractivity contribution in [3.8, 4) is 0 Å². The molecule has 2 aromatic rings. The Morgan fingerprint density at radius 1 is 1.15 bits per heavy atom. The fourth-order valence-electron chi connectivity index (χ4n) is 1.36. The van der Waals surface area contributed by atoms with Crippen LogP contribution in [0.1, 0.15) is 20.8 Å². The molecule has 0 saturated heterocycles. The van der Waals surface area contributed by atoms with Crippen molar-refractivity contribution in [1.29, 1.82) is 0 Å². The van der Waals surface area contributed by atoms with Crippen LogP contribution in [0.5, 0.6) is 0 Å². The molecule has 0 bridgehead atoms. The van der Waals surface area contributed by atoms with Crippen LogP contribution in [0.3, 0.4) is 0 Å². The lowest BCUT2D eigenvalue weighted by atomic mass is 10.1. The van der Waals surface area contributed by atoms with Crippen molar-refractivity contribution >= 4 is 35.0 Å². The van der Waals surface area contributed by atoms with Crippen molar-refractivity contribution in [1.82, 2.24) is 9.97 Å². The Balaban J connectivity index is 1.98. The van der Waals surface area contributed by atoms with Crippen LogP contribution in [0.2, 0.25) is 10.0 Å². The first kappa shape index (κ1) is 14.4. The van der Waals surface area contributed by atoms with Gasteiger partial charge in [-0.05, 0) is 18.2 Å². The molecule has 0 N–H and O–H groups in total. The molecule has 0 aliphatic carbocycles. The summed E-state index contributed by atoms with van der Waals surface area (Å²) in [7, 11) is 0. The van der Waals surface area contributed by atoms with Crippen LogP contribution >= 0.6 is 23.2 Å². The highest BCUT2D eigenvalue weighted by Gasteiger charge is 2.13. The van der Waals surface area contributed by atoms with Gasteiger partial charge in [0.1, 0.15) is 0 Å². The first-order chi connectivity index (χ1) is 9.58. The van der Waals surface area contributed by atoms with E-state index in [4.69, 9.17) is 27.9 Å². The van der Waals surface area contributed by atoms with Gasteiger partial charge in [-0.15, -0.1) is 0 Å². The van der Waals surface area contributed by atoms with Gasteiger partial charge in [0, 0.05) is 18.0 Å². The van der Waals surface area contributed by atoms with E-state index in [0.717, 1.165) is 0 Å². The summed E-state index contributed by atoms with van der Waals surface area (Å²) in [4.78, 5) is 30.9. The monoisotopic (exact) mass is 310 g/mol. The molecule has 0 atom stereocenters. The zero-order valence-corrected chi connectivity index (χ0v) is 11.6. The number of halogens is 2. The first-order valence-electron chi connectivity index (χ1n) is 5.49. The SMILES string of the molecule is O=C(COC(=O)c1cnccn1)c1ccc(Cl)c(Cl)c1. The molecule has 1 heterocycles. The Hall–Kier alpha value is -1.98. The molecule has 0 spiro atoms. The number of hydrogen-bond donors (Lipinski definition) is 0. The lowest BCUT2D eigenvalue weighted by molar-refractivity contribution is 0.0468. The van der Waals surface area contributed by atoms with E-state index < -0.39 is 12.6 Å². The van der Waals surface area contributed by atoms with Crippen LogP contribution in [-0.2, 0) is 4.74 Å². The van der Waals surface area contributed by atoms with E-state index >= 15 is 0 Å². The van der Waals surface area contributed by atoms with Gasteiger partial charge in [0.25, 0.3) is 0 Å². The molecular weight excluding hydrogens is 303 g/mol. The van der Waals surface area contributed by atoms with Crippen LogP contribution in [0, 0.1) is 0 Å². The average molecular weight is 311 g/mol. The normalized spacial score (nSPS) is 10.1. The van der Waals surface area contributed by atoms with Gasteiger partial charge in [-0.25, -0.2) is 9.78 Å². The number of carbonyl (C=O) groups is 2. The predicted molar refractivity (Wildman–Crippen MR) is 73.1 cm³/mol. The van der Waals surface area contributed by atoms with Gasteiger partial charge >= 0.3 is 5.97 Å². The second kappa shape index (κ2) is 6.45. The van der Waals surface area contributed by atoms with E-state index in [2.05, 4.69) is 9.97 Å². The largest absolute Gasteiger partial charge is 0.453 e. The smallest absolute Gasteiger partial charge is 0.358 e. The Bertz CT molecular complexity index is 647. The molecule has 0 radical (unpaired) electrons. The van der Waals surface area contributed by atoms with E-state index in [1.165, 1.54) is 36.8 Å². The summed E-state index contributed by atoms with van der Waals surface area (Å²) in [6, 6.07) is 4.43. The molecule has 1 aromatic heterocycles. The summed E-state index contributed by atoms with van der Waals surface area (Å²) in [6.07, 6.45) is 4.04. The summed E-state index contributed by atoms with van der Waals surface area (Å²) in [6.45, 7) is -0.409. The maximum Gasteiger partial charge on any atom is 0.358 e. The molecule has 0 unspecified atom stereocenters. The summed E-state index contributed by atoms with van der Waals surface area (Å²) in [5, 5.41) is 0.609. The molecule has 0 amide bonds. The van der Waals surface area contributed by atoms with E-state index in [9.17, 15) is 9.59 Å². The van der Waals surface area contributed by atoms with Crippen LogP contribution in [0.4, 0.5) is 0 Å². The number of Topliss-reactive ketones (excluding diaryl/α,β-unsaturated/α-hetero) is 1. The molecule has 0 aliphatic heterocycles. The molecule has 20 heavy (non-hydrogen) atoms. The second-order valence-corrected chi connectivity index (χ2v) is 4.53. The Morgan fingerprint density at radius 3 is 2.60 bits per heavy atom. The first-order valence-corrected chi connectivity index (χ1v) is 6.25. The van der Waals surface area contributed by atoms with Gasteiger partial charge in [-0.3, -0.25) is 9.78 Å². The van der Waals surface area contributed by atoms with Crippen molar-refractivity contribution in [3.05, 3.63) is 58.1 Å². The Labute approximate surface area is 124 Å². The van der Waals surface area contributed by atoms with E-state index in [1.807, 2.05) is 0 Å². The molecule has 5 nitrogen and oxygen atoms in total. The topological polar surface area (TPSA) is 69.2 Å². The van der Waals surface area contributed by atoms with E-state index in [0.29, 0.717) is 10.6 Å². The molecular formula is C13H8Cl2N2O3. The summed E-state index contributed by atoms with van der Waals surface area (Å²) < 4.78 is 4.85. The fourth-order valence-corrected chi connectivity index (χ4v) is 1.66. The van der Waals surface area contributed by atoms with Crippen LogP contribution in [-0.4, -0.2) is 28.3 Å². The third-order valence-corrected chi connectivity index (χ3v) is 3.09. The molecule has 102 valence electrons. The average Bonchev–Trinajstić information content (AvgIpc) is 2.48. The third-order valence-electron chi connectivity index (χ3n) is 2.35. The number of hydrogen-bond acceptors (Lipinski definition) is 5. The summed E-state index contributed by atoms with van der Waals surface area (Å²) in [5.41, 5.74) is 0.348. The number of ketones is 1. The van der Waals surface area contributed by atoms with Gasteiger partial charge in [0.05, 0.1) is 16.2 Å². The predicted octanol–water partition coefficient (Wildman–Crippen LogP) is 2.82. The minimum Gasteiger partial charge on any atom is -0.453 e. The summed E-state index contributed by atoms with van der Waals surface area (Å²) >= 11 is 11.6. The van der Waals surface area contributed by atoms with Crippen molar-refractivity contribution in [2.45, 2.75) is 0 Å². The number of rotatable bonds is 4. The maximum absolute atomic E-state index is 11.8. The van der Waals surface area contributed by atoms with Crippen LogP contribution in [0.15, 0.2) is 36.8 Å². The highest BCUT2D eigenvalue weighted by Crippen LogP contribution is 2.22. The highest BCUT2D eigenvalue weighted by atomic mass is 35.5. The van der Waals surface area contributed by atoms with Crippen molar-refractivity contribution < 1.29 is 14.3 Å². The number of aromatic nitrogens is 2. The van der Waals surface area contributed by atoms with Gasteiger partial charge in [-0.1, -0.05) is 23.2 Å². The Morgan fingerprint density at radius 2 is 1.95 bits per heavy atom. The standard InChI is InChI=1S/C13H8Cl2N2O3/c14-9-2-1-8(5-10(9)15)12(18)7-20-13(19)11-6-16-3-4-17-11/h1-6H,7H2. The number of nitrogens with zero attached hydrogens (tertiary/aromatic N) is 2. The highest BCUT2D eigenvalue weighted by molar-refractivity contribution is 6.42. The number of esters is 1. The van der Waals surface area contributed by atoms with Crippen molar-refractivity contribution in [2.75, 3.05) is 6.61 Å². The third kappa shape index (κ3) is 3.53. The number of carbonyl (C=O) groups excluding carboxylic acids is 2. The molecule has 0 saturated carbocycles. The lowest BCUT2D eigenvalue weighted by Gasteiger charge is -2.04.